The van der Waals surface area contributed by atoms with Gasteiger partial charge in [0, 0.05) is 207 Å². The predicted molar refractivity (Wildman–Crippen MR) is 542 cm³/mol. The van der Waals surface area contributed by atoms with Gasteiger partial charge in [-0.05, 0) is 199 Å². The number of benzene rings is 9. The Hall–Kier alpha value is -9.09. The number of ether oxygens (including phenoxy) is 2. The predicted octanol–water partition coefficient (Wildman–Crippen LogP) is 21.0. The van der Waals surface area contributed by atoms with Crippen molar-refractivity contribution in [2.24, 2.45) is 0 Å². The Kier molecular flexibility index (Phi) is 33.4. The first-order valence-corrected chi connectivity index (χ1v) is 50.8. The number of nitrogens with one attached hydrogen (secondary N) is 6. The number of aromatic nitrogens is 3. The van der Waals surface area contributed by atoms with E-state index in [-0.39, 0.29) is 66.2 Å². The van der Waals surface area contributed by atoms with E-state index in [2.05, 4.69) is 133 Å². The van der Waals surface area contributed by atoms with Crippen molar-refractivity contribution in [1.82, 2.24) is 60.3 Å². The number of nitro groups is 1. The van der Waals surface area contributed by atoms with Crippen LogP contribution in [0, 0.1) is 22.9 Å². The highest BCUT2D eigenvalue weighted by Crippen LogP contribution is 2.58. The van der Waals surface area contributed by atoms with Crippen LogP contribution in [0.3, 0.4) is 0 Å². The van der Waals surface area contributed by atoms with E-state index in [4.69, 9.17) is 44.3 Å². The Bertz CT molecular complexity index is 6150. The lowest BCUT2D eigenvalue weighted by Gasteiger charge is -2.37. The molecule has 5 fully saturated rings. The van der Waals surface area contributed by atoms with Crippen LogP contribution in [0.2, 0.25) is 15.1 Å². The molecule has 0 aliphatic carbocycles. The van der Waals surface area contributed by atoms with Gasteiger partial charge in [0.1, 0.15) is 20.1 Å². The number of aryl methyl sites for hydroxylation is 1. The van der Waals surface area contributed by atoms with Gasteiger partial charge in [-0.3, -0.25) is 53.6 Å². The fourth-order valence-electron chi connectivity index (χ4n) is 18.6. The van der Waals surface area contributed by atoms with E-state index in [1.165, 1.54) is 59.6 Å². The number of thioether (sulfide) groups is 3. The lowest BCUT2D eigenvalue weighted by Crippen LogP contribution is -2.50. The molecule has 0 spiro atoms. The fraction of sp³-hybridized carbons (Fsp3) is 0.347. The smallest absolute Gasteiger partial charge is 0.269 e. The van der Waals surface area contributed by atoms with Crippen LogP contribution < -0.4 is 16.0 Å². The molecule has 17 rings (SSSR count). The minimum atomic E-state index is -1.28. The molecule has 5 saturated heterocycles. The number of nitro benzene ring substituents is 1. The molecule has 12 aromatic rings. The number of hydrogen-bond acceptors (Lipinski definition) is 16. The highest BCUT2D eigenvalue weighted by Gasteiger charge is 2.62. The average molecular weight is 2120 g/mol. The zero-order valence-electron chi connectivity index (χ0n) is 74.8. The third kappa shape index (κ3) is 23.5. The maximum Gasteiger partial charge on any atom is 0.269 e. The third-order valence-electron chi connectivity index (χ3n) is 25.2. The van der Waals surface area contributed by atoms with Gasteiger partial charge in [-0.15, -0.1) is 35.3 Å². The molecule has 6 N–H and O–H groups in total. The SMILES string of the molecule is Cc1ccc(SC2(C(=O)NCCN(C(C)C)C(C)C)CC(=O)N(Cc3ccc(Br)cc3)C2c2c[nH]c3cc(Cl)ccc23)cc1.O=C1CC(Sc2ccc([N+](=O)[O-])cc2)(C(=O)NCCCN2CCOCC2)C(c2c[nH]c3cc(Cl)ccc23)N1Cc1ccc(Br)cc1.O=C1C[C@@](Sc2ccc(F)cc2)(C(=O)NCCCN2CCOCC2)[C@H](c2c[nH]c3cc(Cl)ccc23)N1Cc1ccc(Br)cc1. The molecule has 4 unspecified atom stereocenters. The molecule has 33 heteroatoms. The second-order valence-electron chi connectivity index (χ2n) is 34.8. The molecule has 5 aliphatic rings. The Morgan fingerprint density at radius 1 is 0.478 bits per heavy atom. The molecule has 702 valence electrons. The Balaban J connectivity index is 0.000000153. The number of H-pyrrole nitrogens is 3. The summed E-state index contributed by atoms with van der Waals surface area (Å²) in [5.41, 5.74) is 8.98. The van der Waals surface area contributed by atoms with Crippen molar-refractivity contribution < 1.29 is 47.6 Å². The summed E-state index contributed by atoms with van der Waals surface area (Å²) in [6.45, 7) is 21.9. The van der Waals surface area contributed by atoms with E-state index in [9.17, 15) is 43.3 Å². The largest absolute Gasteiger partial charge is 0.379 e. The number of nitrogens with zero attached hydrogens (tertiary/aromatic N) is 7. The van der Waals surface area contributed by atoms with Crippen LogP contribution in [0.5, 0.6) is 0 Å². The highest BCUT2D eigenvalue weighted by atomic mass is 79.9. The summed E-state index contributed by atoms with van der Waals surface area (Å²) in [5.74, 6) is -1.29. The molecular formula is C101H106Br3Cl3FN13O10S3. The molecule has 0 saturated carbocycles. The van der Waals surface area contributed by atoms with Gasteiger partial charge in [-0.2, -0.15) is 0 Å². The summed E-state index contributed by atoms with van der Waals surface area (Å²) in [6.07, 6.45) is 7.22. The van der Waals surface area contributed by atoms with Crippen LogP contribution in [0.15, 0.2) is 247 Å². The first-order valence-electron chi connectivity index (χ1n) is 44.8. The van der Waals surface area contributed by atoms with Gasteiger partial charge in [0.25, 0.3) is 5.69 Å². The lowest BCUT2D eigenvalue weighted by molar-refractivity contribution is -0.384. The second-order valence-corrected chi connectivity index (χ2v) is 43.1. The molecular weight excluding hydrogens is 2020 g/mol. The van der Waals surface area contributed by atoms with Crippen LogP contribution >= 0.6 is 118 Å². The van der Waals surface area contributed by atoms with Gasteiger partial charge in [0.15, 0.2) is 0 Å². The number of hydrogen-bond donors (Lipinski definition) is 6. The van der Waals surface area contributed by atoms with E-state index in [1.54, 1.807) is 35.2 Å². The van der Waals surface area contributed by atoms with Crippen LogP contribution in [0.4, 0.5) is 10.1 Å². The van der Waals surface area contributed by atoms with E-state index >= 15 is 0 Å². The quantitative estimate of drug-likeness (QED) is 0.0130. The van der Waals surface area contributed by atoms with E-state index in [1.807, 2.05) is 169 Å². The summed E-state index contributed by atoms with van der Waals surface area (Å²) < 4.78 is 24.1. The molecule has 134 heavy (non-hydrogen) atoms. The zero-order chi connectivity index (χ0) is 94.5. The molecule has 8 heterocycles. The average Bonchev–Trinajstić information content (AvgIpc) is 1.58. The van der Waals surface area contributed by atoms with Gasteiger partial charge in [0.2, 0.25) is 35.4 Å². The van der Waals surface area contributed by atoms with E-state index in [0.717, 1.165) is 162 Å². The van der Waals surface area contributed by atoms with E-state index < -0.39 is 37.3 Å². The molecule has 0 radical (unpaired) electrons. The van der Waals surface area contributed by atoms with Crippen LogP contribution in [-0.2, 0) is 57.9 Å². The standard InChI is InChI=1S/C35H40BrClN4O2S.C33H33BrClFN4O3S.C33H33BrClN5O5S/c1-22(2)40(23(3)4)17-16-38-34(43)35(44-28-13-6-24(5)7-14-28)19-32(42)41(21-25-8-10-26(36)11-9-25)33(35)30-20-39-31-18-27(37)12-15-29(30)31;34-23-4-2-22(3-5-23)21-40-30(41)19-33(44-26-9-7-25(36)8-10-26,32(42)37-12-1-13-39-14-16-43-17-15-39)31(40)28-20-38-29-18-24(35)6-11-27(28)29;34-23-4-2-22(3-5-23)21-39-30(41)19-33(46-26-9-7-25(8-10-26)40(43)44,32(42)36-12-1-13-38-14-16-45-17-15-38)31(39)28-20-37-29-18-24(35)6-11-27(28)29/h6-15,18,20,22-23,33,39H,16-17,19,21H2,1-5H3,(H,38,43);2-11,18,20,31,38H,1,12-17,19,21H2,(H,37,42);2-11,18,20,31,37H,1,12-17,19,21H2,(H,36,42)/t;31-,33-;/m.0./s1. The van der Waals surface area contributed by atoms with Crippen molar-refractivity contribution >= 4 is 192 Å². The van der Waals surface area contributed by atoms with Gasteiger partial charge < -0.3 is 55.1 Å². The number of carbonyl (C=O) groups is 6. The van der Waals surface area contributed by atoms with Crippen molar-refractivity contribution in [3.63, 3.8) is 0 Å². The van der Waals surface area contributed by atoms with Crippen LogP contribution in [0.25, 0.3) is 32.7 Å². The Morgan fingerprint density at radius 2 is 0.791 bits per heavy atom. The second kappa shape index (κ2) is 45.0. The molecule has 23 nitrogen and oxygen atoms in total. The summed E-state index contributed by atoms with van der Waals surface area (Å²) in [5, 5.41) is 25.5. The van der Waals surface area contributed by atoms with Crippen molar-refractivity contribution in [3.05, 3.63) is 302 Å². The number of halogens is 7. The number of carbonyl (C=O) groups excluding carboxylic acids is 6. The summed E-state index contributed by atoms with van der Waals surface area (Å²) >= 11 is 33.6. The first-order chi connectivity index (χ1) is 64.5. The summed E-state index contributed by atoms with van der Waals surface area (Å²) in [6, 6.07) is 59.8. The fourth-order valence-corrected chi connectivity index (χ4v) is 24.1. The van der Waals surface area contributed by atoms with Gasteiger partial charge in [-0.1, -0.05) is 155 Å². The molecule has 0 bridgehead atoms. The molecule has 9 aromatic carbocycles. The number of fused-ring (bicyclic) bond motifs is 3. The minimum Gasteiger partial charge on any atom is -0.379 e. The number of aromatic amines is 3. The number of likely N-dealkylation sites (tertiary alicyclic amines) is 3. The zero-order valence-corrected chi connectivity index (χ0v) is 84.3. The third-order valence-corrected chi connectivity index (χ3v) is 31.7. The van der Waals surface area contributed by atoms with Crippen molar-refractivity contribution in [1.29, 1.82) is 0 Å². The van der Waals surface area contributed by atoms with Gasteiger partial charge in [0.05, 0.1) is 68.7 Å². The molecule has 5 aliphatic heterocycles. The molecule has 6 atom stereocenters. The van der Waals surface area contributed by atoms with E-state index in [0.29, 0.717) is 89.4 Å². The monoisotopic (exact) mass is 2120 g/mol. The number of rotatable bonds is 32. The van der Waals surface area contributed by atoms with Crippen molar-refractivity contribution in [2.45, 2.75) is 145 Å². The van der Waals surface area contributed by atoms with Crippen molar-refractivity contribution in [3.8, 4) is 0 Å². The maximum atomic E-state index is 14.7. The summed E-state index contributed by atoms with van der Waals surface area (Å²) in [7, 11) is 0. The van der Waals surface area contributed by atoms with Crippen LogP contribution in [-0.4, -0.2) is 203 Å². The van der Waals surface area contributed by atoms with Gasteiger partial charge in [-0.25, -0.2) is 4.39 Å². The first kappa shape index (κ1) is 99.4. The van der Waals surface area contributed by atoms with Crippen molar-refractivity contribution in [2.75, 3.05) is 91.9 Å². The van der Waals surface area contributed by atoms with Gasteiger partial charge >= 0.3 is 0 Å². The Labute approximate surface area is 832 Å². The summed E-state index contributed by atoms with van der Waals surface area (Å²) in [4.78, 5) is 122. The maximum absolute atomic E-state index is 14.7. The Morgan fingerprint density at radius 3 is 1.11 bits per heavy atom. The number of morpholine rings is 2. The normalized spacial score (nSPS) is 20.0. The number of non-ortho nitro benzene ring substituents is 1. The number of amides is 6. The van der Waals surface area contributed by atoms with Crippen LogP contribution in [0.1, 0.15) is 117 Å². The molecule has 6 amide bonds. The highest BCUT2D eigenvalue weighted by molar-refractivity contribution is 9.11. The lowest BCUT2D eigenvalue weighted by atomic mass is 9.91. The molecule has 3 aromatic heterocycles. The minimum absolute atomic E-state index is 0.00814. The topological polar surface area (TPSA) is 267 Å².